The molecule has 0 aliphatic heterocycles. The number of hydrogen-bond donors (Lipinski definition) is 1. The Hall–Kier alpha value is -7.57. The number of rotatable bonds is 7. The molecule has 2 N–H and O–H groups in total. The third-order valence-electron chi connectivity index (χ3n) is 9.74. The van der Waals surface area contributed by atoms with Crippen LogP contribution in [-0.4, -0.2) is 26.6 Å². The van der Waals surface area contributed by atoms with E-state index in [9.17, 15) is 0 Å². The highest BCUT2D eigenvalue weighted by atomic mass is 15.0. The molecule has 6 heteroatoms. The summed E-state index contributed by atoms with van der Waals surface area (Å²) < 4.78 is 0. The molecule has 0 aliphatic rings. The molecule has 260 valence electrons. The van der Waals surface area contributed by atoms with Gasteiger partial charge in [-0.1, -0.05) is 189 Å². The Labute approximate surface area is 318 Å². The molecular formula is C49H34N6. The highest BCUT2D eigenvalue weighted by molar-refractivity contribution is 6.16. The molecule has 6 nitrogen and oxygen atoms in total. The van der Waals surface area contributed by atoms with Crippen molar-refractivity contribution < 1.29 is 0 Å². The molecule has 9 aromatic rings. The Balaban J connectivity index is 1.18. The Morgan fingerprint density at radius 2 is 0.909 bits per heavy atom. The smallest absolute Gasteiger partial charge is 0.164 e. The SMILES string of the molecule is C=C(N=C(N=C(N)c1cccc2ccccc12)c1ccccc1)c1cccc2c(-c3nc(-c4ccccc4)nc(-c4cccc5ccccc45)n3)cccc12. The lowest BCUT2D eigenvalue weighted by atomic mass is 9.98. The summed E-state index contributed by atoms with van der Waals surface area (Å²) in [7, 11) is 0. The number of amidine groups is 2. The Morgan fingerprint density at radius 1 is 0.418 bits per heavy atom. The Bertz CT molecular complexity index is 2940. The maximum atomic E-state index is 6.75. The van der Waals surface area contributed by atoms with Gasteiger partial charge in [0, 0.05) is 33.4 Å². The first-order chi connectivity index (χ1) is 27.1. The van der Waals surface area contributed by atoms with Crippen molar-refractivity contribution in [2.24, 2.45) is 15.7 Å². The van der Waals surface area contributed by atoms with E-state index in [2.05, 4.69) is 67.2 Å². The van der Waals surface area contributed by atoms with Crippen LogP contribution in [0.2, 0.25) is 0 Å². The molecule has 0 bridgehead atoms. The normalized spacial score (nSPS) is 12.0. The Morgan fingerprint density at radius 3 is 1.65 bits per heavy atom. The predicted octanol–water partition coefficient (Wildman–Crippen LogP) is 11.2. The predicted molar refractivity (Wildman–Crippen MR) is 228 cm³/mol. The first-order valence-electron chi connectivity index (χ1n) is 18.1. The van der Waals surface area contributed by atoms with E-state index in [1.165, 1.54) is 0 Å². The fraction of sp³-hybridized carbons (Fsp3) is 0. The lowest BCUT2D eigenvalue weighted by Gasteiger charge is -2.13. The standard InChI is InChI=1S/C49H34N6/c1-32(51-46(35-18-4-2-5-19-35)52-45(50)42-29-12-22-33-16-8-10-24-38(33)42)37-26-14-28-41-40(37)27-15-31-44(41)49-54-47(36-20-6-3-7-21-36)53-48(55-49)43-30-13-23-34-17-9-11-25-39(34)43/h2-31H,1H2,(H2,50,51,52). The molecule has 0 aliphatic carbocycles. The summed E-state index contributed by atoms with van der Waals surface area (Å²) >= 11 is 0. The van der Waals surface area contributed by atoms with Crippen LogP contribution in [0.5, 0.6) is 0 Å². The van der Waals surface area contributed by atoms with Gasteiger partial charge in [-0.3, -0.25) is 0 Å². The molecule has 0 saturated heterocycles. The van der Waals surface area contributed by atoms with Crippen LogP contribution in [0.15, 0.2) is 199 Å². The number of hydrogen-bond acceptors (Lipinski definition) is 4. The van der Waals surface area contributed by atoms with Crippen LogP contribution >= 0.6 is 0 Å². The maximum Gasteiger partial charge on any atom is 0.164 e. The van der Waals surface area contributed by atoms with Gasteiger partial charge in [-0.15, -0.1) is 0 Å². The third kappa shape index (κ3) is 6.53. The highest BCUT2D eigenvalue weighted by Crippen LogP contribution is 2.35. The van der Waals surface area contributed by atoms with E-state index in [1.54, 1.807) is 0 Å². The van der Waals surface area contributed by atoms with Gasteiger partial charge in [0.2, 0.25) is 0 Å². The minimum Gasteiger partial charge on any atom is -0.383 e. The second-order valence-corrected chi connectivity index (χ2v) is 13.2. The molecule has 9 rings (SSSR count). The molecule has 55 heavy (non-hydrogen) atoms. The number of fused-ring (bicyclic) bond motifs is 3. The molecule has 0 saturated carbocycles. The summed E-state index contributed by atoms with van der Waals surface area (Å²) in [5.74, 6) is 2.63. The van der Waals surface area contributed by atoms with E-state index in [4.69, 9.17) is 30.7 Å². The average molecular weight is 707 g/mol. The second kappa shape index (κ2) is 14.5. The average Bonchev–Trinajstić information content (AvgIpc) is 3.25. The lowest BCUT2D eigenvalue weighted by Crippen LogP contribution is -2.17. The summed E-state index contributed by atoms with van der Waals surface area (Å²) in [6, 6.07) is 60.9. The molecule has 0 fully saturated rings. The zero-order chi connectivity index (χ0) is 37.1. The molecule has 1 heterocycles. The van der Waals surface area contributed by atoms with Crippen LogP contribution in [0.3, 0.4) is 0 Å². The summed E-state index contributed by atoms with van der Waals surface area (Å²) in [5.41, 5.74) is 12.6. The summed E-state index contributed by atoms with van der Waals surface area (Å²) in [5, 5.41) is 6.23. The van der Waals surface area contributed by atoms with Crippen LogP contribution in [0.25, 0.3) is 72.2 Å². The van der Waals surface area contributed by atoms with E-state index >= 15 is 0 Å². The number of nitrogens with two attached hydrogens (primary N) is 1. The van der Waals surface area contributed by atoms with Crippen molar-refractivity contribution in [3.63, 3.8) is 0 Å². The first-order valence-corrected chi connectivity index (χ1v) is 18.1. The lowest BCUT2D eigenvalue weighted by molar-refractivity contribution is 1.08. The highest BCUT2D eigenvalue weighted by Gasteiger charge is 2.17. The van der Waals surface area contributed by atoms with Crippen molar-refractivity contribution in [1.82, 2.24) is 15.0 Å². The van der Waals surface area contributed by atoms with E-state index in [1.807, 2.05) is 121 Å². The number of aromatic nitrogens is 3. The van der Waals surface area contributed by atoms with E-state index in [0.717, 1.165) is 65.7 Å². The zero-order valence-electron chi connectivity index (χ0n) is 29.8. The van der Waals surface area contributed by atoms with E-state index < -0.39 is 0 Å². The van der Waals surface area contributed by atoms with E-state index in [0.29, 0.717) is 34.8 Å². The van der Waals surface area contributed by atoms with Crippen molar-refractivity contribution >= 4 is 49.7 Å². The fourth-order valence-electron chi connectivity index (χ4n) is 7.06. The van der Waals surface area contributed by atoms with Crippen LogP contribution in [0.1, 0.15) is 16.7 Å². The van der Waals surface area contributed by atoms with Gasteiger partial charge in [0.15, 0.2) is 23.3 Å². The molecule has 0 unspecified atom stereocenters. The molecule has 8 aromatic carbocycles. The number of aliphatic imine (C=N–C) groups is 2. The molecule has 0 atom stereocenters. The van der Waals surface area contributed by atoms with Crippen molar-refractivity contribution in [3.8, 4) is 34.2 Å². The summed E-state index contributed by atoms with van der Waals surface area (Å²) in [6.07, 6.45) is 0. The van der Waals surface area contributed by atoms with Crippen LogP contribution in [0.4, 0.5) is 0 Å². The maximum absolute atomic E-state index is 6.75. The molecular weight excluding hydrogens is 673 g/mol. The van der Waals surface area contributed by atoms with Gasteiger partial charge in [-0.05, 0) is 32.3 Å². The summed E-state index contributed by atoms with van der Waals surface area (Å²) in [6.45, 7) is 4.47. The van der Waals surface area contributed by atoms with Crippen molar-refractivity contribution in [2.75, 3.05) is 0 Å². The molecule has 0 amide bonds. The monoisotopic (exact) mass is 706 g/mol. The van der Waals surface area contributed by atoms with Gasteiger partial charge in [-0.25, -0.2) is 24.9 Å². The quantitative estimate of drug-likeness (QED) is 0.132. The summed E-state index contributed by atoms with van der Waals surface area (Å²) in [4.78, 5) is 25.2. The van der Waals surface area contributed by atoms with Crippen LogP contribution in [0, 0.1) is 0 Å². The largest absolute Gasteiger partial charge is 0.383 e. The van der Waals surface area contributed by atoms with Crippen molar-refractivity contribution in [3.05, 3.63) is 205 Å². The fourth-order valence-corrected chi connectivity index (χ4v) is 7.06. The Kier molecular flexibility index (Phi) is 8.74. The number of nitrogens with zero attached hydrogens (tertiary/aromatic N) is 5. The van der Waals surface area contributed by atoms with Gasteiger partial charge < -0.3 is 5.73 Å². The van der Waals surface area contributed by atoms with Gasteiger partial charge >= 0.3 is 0 Å². The number of benzene rings is 8. The minimum absolute atomic E-state index is 0.374. The van der Waals surface area contributed by atoms with Gasteiger partial charge in [0.1, 0.15) is 5.84 Å². The second-order valence-electron chi connectivity index (χ2n) is 13.2. The van der Waals surface area contributed by atoms with Crippen LogP contribution < -0.4 is 5.73 Å². The molecule has 1 aromatic heterocycles. The minimum atomic E-state index is 0.374. The van der Waals surface area contributed by atoms with Crippen molar-refractivity contribution in [1.29, 1.82) is 0 Å². The molecule has 0 radical (unpaired) electrons. The molecule has 0 spiro atoms. The zero-order valence-corrected chi connectivity index (χ0v) is 29.8. The van der Waals surface area contributed by atoms with Gasteiger partial charge in [-0.2, -0.15) is 0 Å². The van der Waals surface area contributed by atoms with Crippen molar-refractivity contribution in [2.45, 2.75) is 0 Å². The third-order valence-corrected chi connectivity index (χ3v) is 9.74. The van der Waals surface area contributed by atoms with Gasteiger partial charge in [0.05, 0.1) is 5.70 Å². The first kappa shape index (κ1) is 33.3. The van der Waals surface area contributed by atoms with E-state index in [-0.39, 0.29) is 0 Å². The van der Waals surface area contributed by atoms with Gasteiger partial charge in [0.25, 0.3) is 0 Å². The topological polar surface area (TPSA) is 89.4 Å². The van der Waals surface area contributed by atoms with Crippen LogP contribution in [-0.2, 0) is 0 Å².